The van der Waals surface area contributed by atoms with E-state index >= 15 is 0 Å². The summed E-state index contributed by atoms with van der Waals surface area (Å²) in [4.78, 5) is 21.8. The molecule has 7 heteroatoms. The molecular weight excluding hydrogens is 286 g/mol. The maximum Gasteiger partial charge on any atom is 0.323 e. The zero-order valence-electron chi connectivity index (χ0n) is 11.6. The summed E-state index contributed by atoms with van der Waals surface area (Å²) < 4.78 is 0. The first kappa shape index (κ1) is 15.5. The van der Waals surface area contributed by atoms with Gasteiger partial charge in [0.2, 0.25) is 0 Å². The summed E-state index contributed by atoms with van der Waals surface area (Å²) in [5, 5.41) is 26.3. The van der Waals surface area contributed by atoms with E-state index in [1.54, 1.807) is 24.3 Å². The standard InChI is InChI=1S/C15H14N3O4/c19-10-9-11-1-3-12(4-2-11)16-15(20)17-13-5-7-14(8-6-13)18(21)22/h1-8H,9-10H2,(H2,16,17,20). The van der Waals surface area contributed by atoms with Crippen LogP contribution in [-0.2, 0) is 11.5 Å². The molecule has 0 aliphatic rings. The predicted molar refractivity (Wildman–Crippen MR) is 81.4 cm³/mol. The number of nitro groups is 1. The second kappa shape index (κ2) is 7.19. The van der Waals surface area contributed by atoms with E-state index in [-0.39, 0.29) is 12.3 Å². The van der Waals surface area contributed by atoms with E-state index in [4.69, 9.17) is 0 Å². The number of rotatable bonds is 5. The number of amides is 2. The molecule has 0 aliphatic carbocycles. The van der Waals surface area contributed by atoms with Crippen LogP contribution < -0.4 is 10.6 Å². The lowest BCUT2D eigenvalue weighted by Gasteiger charge is -2.08. The van der Waals surface area contributed by atoms with Crippen LogP contribution in [0, 0.1) is 10.1 Å². The molecule has 7 nitrogen and oxygen atoms in total. The number of non-ortho nitro benzene ring substituents is 1. The molecule has 2 aromatic carbocycles. The first-order chi connectivity index (χ1) is 10.6. The first-order valence-electron chi connectivity index (χ1n) is 6.58. The monoisotopic (exact) mass is 300 g/mol. The number of hydrogen-bond acceptors (Lipinski definition) is 3. The number of carbonyl (C=O) groups excluding carboxylic acids is 1. The fraction of sp³-hybridized carbons (Fsp3) is 0.133. The lowest BCUT2D eigenvalue weighted by molar-refractivity contribution is -0.384. The Morgan fingerprint density at radius 3 is 1.91 bits per heavy atom. The van der Waals surface area contributed by atoms with Crippen molar-refractivity contribution in [3.8, 4) is 0 Å². The van der Waals surface area contributed by atoms with Gasteiger partial charge in [0.05, 0.1) is 11.5 Å². The van der Waals surface area contributed by atoms with Gasteiger partial charge in [-0.3, -0.25) is 10.1 Å². The van der Waals surface area contributed by atoms with Crippen molar-refractivity contribution in [3.05, 3.63) is 64.2 Å². The zero-order valence-corrected chi connectivity index (χ0v) is 11.6. The fourth-order valence-electron chi connectivity index (χ4n) is 1.83. The molecule has 22 heavy (non-hydrogen) atoms. The summed E-state index contributed by atoms with van der Waals surface area (Å²) in [5.41, 5.74) is 1.91. The van der Waals surface area contributed by atoms with Crippen molar-refractivity contribution in [2.24, 2.45) is 0 Å². The molecule has 0 aromatic heterocycles. The first-order valence-corrected chi connectivity index (χ1v) is 6.58. The van der Waals surface area contributed by atoms with E-state index in [0.717, 1.165) is 5.56 Å². The SMILES string of the molecule is [O]CCc1ccc(NC(=O)Nc2ccc([N+](=O)[O-])cc2)cc1. The Morgan fingerprint density at radius 1 is 0.955 bits per heavy atom. The molecule has 113 valence electrons. The highest BCUT2D eigenvalue weighted by atomic mass is 16.6. The molecule has 0 saturated heterocycles. The van der Waals surface area contributed by atoms with Crippen LogP contribution in [0.1, 0.15) is 5.56 Å². The Hall–Kier alpha value is -2.93. The number of nitrogens with zero attached hydrogens (tertiary/aromatic N) is 1. The van der Waals surface area contributed by atoms with E-state index in [1.807, 2.05) is 0 Å². The van der Waals surface area contributed by atoms with Crippen LogP contribution in [0.5, 0.6) is 0 Å². The van der Waals surface area contributed by atoms with Crippen LogP contribution in [0.15, 0.2) is 48.5 Å². The highest BCUT2D eigenvalue weighted by Crippen LogP contribution is 2.16. The molecule has 0 heterocycles. The van der Waals surface area contributed by atoms with Crippen molar-refractivity contribution in [3.63, 3.8) is 0 Å². The van der Waals surface area contributed by atoms with Crippen LogP contribution >= 0.6 is 0 Å². The van der Waals surface area contributed by atoms with Crippen molar-refractivity contribution in [2.75, 3.05) is 17.2 Å². The van der Waals surface area contributed by atoms with E-state index in [0.29, 0.717) is 17.8 Å². The minimum atomic E-state index is -0.507. The molecule has 1 radical (unpaired) electrons. The van der Waals surface area contributed by atoms with E-state index in [2.05, 4.69) is 10.6 Å². The van der Waals surface area contributed by atoms with Crippen molar-refractivity contribution in [1.82, 2.24) is 0 Å². The lowest BCUT2D eigenvalue weighted by atomic mass is 10.1. The van der Waals surface area contributed by atoms with Gasteiger partial charge in [-0.05, 0) is 36.2 Å². The van der Waals surface area contributed by atoms with Crippen molar-refractivity contribution >= 4 is 23.1 Å². The predicted octanol–water partition coefficient (Wildman–Crippen LogP) is 3.21. The van der Waals surface area contributed by atoms with Gasteiger partial charge in [0, 0.05) is 23.5 Å². The van der Waals surface area contributed by atoms with Crippen LogP contribution in [0.25, 0.3) is 0 Å². The molecule has 0 spiro atoms. The minimum Gasteiger partial charge on any atom is -0.308 e. The molecule has 0 unspecified atom stereocenters. The second-order valence-electron chi connectivity index (χ2n) is 4.53. The van der Waals surface area contributed by atoms with Crippen LogP contribution in [0.3, 0.4) is 0 Å². The number of carbonyl (C=O) groups is 1. The summed E-state index contributed by atoms with van der Waals surface area (Å²) in [7, 11) is 0. The van der Waals surface area contributed by atoms with Gasteiger partial charge in [0.25, 0.3) is 5.69 Å². The van der Waals surface area contributed by atoms with E-state index < -0.39 is 11.0 Å². The van der Waals surface area contributed by atoms with Gasteiger partial charge >= 0.3 is 6.03 Å². The fourth-order valence-corrected chi connectivity index (χ4v) is 1.83. The van der Waals surface area contributed by atoms with Gasteiger partial charge in [-0.25, -0.2) is 9.90 Å². The number of nitro benzene ring substituents is 1. The number of anilines is 2. The van der Waals surface area contributed by atoms with Crippen molar-refractivity contribution in [1.29, 1.82) is 0 Å². The summed E-state index contributed by atoms with van der Waals surface area (Å²) in [5.74, 6) is 0. The zero-order chi connectivity index (χ0) is 15.9. The smallest absolute Gasteiger partial charge is 0.308 e. The number of urea groups is 1. The topological polar surface area (TPSA) is 104 Å². The average Bonchev–Trinajstić information content (AvgIpc) is 2.50. The van der Waals surface area contributed by atoms with E-state index in [1.165, 1.54) is 24.3 Å². The lowest BCUT2D eigenvalue weighted by Crippen LogP contribution is -2.19. The van der Waals surface area contributed by atoms with Crippen molar-refractivity contribution in [2.45, 2.75) is 6.42 Å². The van der Waals surface area contributed by atoms with Crippen LogP contribution in [0.2, 0.25) is 0 Å². The molecule has 0 bridgehead atoms. The molecule has 0 saturated carbocycles. The molecule has 0 aliphatic heterocycles. The van der Waals surface area contributed by atoms with Gasteiger partial charge in [0.1, 0.15) is 0 Å². The largest absolute Gasteiger partial charge is 0.323 e. The Kier molecular flexibility index (Phi) is 5.05. The third-order valence-corrected chi connectivity index (χ3v) is 2.94. The molecule has 2 aromatic rings. The molecule has 0 atom stereocenters. The Labute approximate surface area is 126 Å². The summed E-state index contributed by atoms with van der Waals surface area (Å²) in [6.07, 6.45) is 0.454. The highest BCUT2D eigenvalue weighted by molar-refractivity contribution is 5.99. The molecular formula is C15H14N3O4. The number of benzene rings is 2. The van der Waals surface area contributed by atoms with Crippen LogP contribution in [-0.4, -0.2) is 17.6 Å². The third-order valence-electron chi connectivity index (χ3n) is 2.94. The summed E-state index contributed by atoms with van der Waals surface area (Å²) in [6, 6.07) is 12.1. The van der Waals surface area contributed by atoms with Gasteiger partial charge < -0.3 is 10.6 Å². The van der Waals surface area contributed by atoms with Gasteiger partial charge in [-0.1, -0.05) is 12.1 Å². The molecule has 2 rings (SSSR count). The Bertz CT molecular complexity index is 653. The molecule has 0 fully saturated rings. The highest BCUT2D eigenvalue weighted by Gasteiger charge is 2.06. The maximum atomic E-state index is 11.8. The molecule has 2 N–H and O–H groups in total. The van der Waals surface area contributed by atoms with Gasteiger partial charge in [-0.15, -0.1) is 0 Å². The summed E-state index contributed by atoms with van der Waals surface area (Å²) in [6.45, 7) is -0.173. The second-order valence-corrected chi connectivity index (χ2v) is 4.53. The van der Waals surface area contributed by atoms with Crippen LogP contribution in [0.4, 0.5) is 21.9 Å². The van der Waals surface area contributed by atoms with Gasteiger partial charge in [-0.2, -0.15) is 0 Å². The third kappa shape index (κ3) is 4.29. The van der Waals surface area contributed by atoms with Gasteiger partial charge in [0.15, 0.2) is 0 Å². The van der Waals surface area contributed by atoms with E-state index in [9.17, 15) is 20.0 Å². The quantitative estimate of drug-likeness (QED) is 0.654. The minimum absolute atomic E-state index is 0.0417. The molecule has 2 amide bonds. The van der Waals surface area contributed by atoms with Crippen molar-refractivity contribution < 1.29 is 14.8 Å². The average molecular weight is 300 g/mol. The summed E-state index contributed by atoms with van der Waals surface area (Å²) >= 11 is 0. The number of hydrogen-bond donors (Lipinski definition) is 2. The Morgan fingerprint density at radius 2 is 1.45 bits per heavy atom. The number of nitrogens with one attached hydrogen (secondary N) is 2. The maximum absolute atomic E-state index is 11.8. The Balaban J connectivity index is 1.93. The normalized spacial score (nSPS) is 10.0.